The third kappa shape index (κ3) is 5.23. The molecule has 8 nitrogen and oxygen atoms in total. The molecule has 0 saturated carbocycles. The first-order valence-corrected chi connectivity index (χ1v) is 7.74. The highest BCUT2D eigenvalue weighted by atomic mass is 35.5. The highest BCUT2D eigenvalue weighted by Gasteiger charge is 2.12. The van der Waals surface area contributed by atoms with E-state index in [1.54, 1.807) is 42.5 Å². The number of amidine groups is 1. The van der Waals surface area contributed by atoms with Crippen molar-refractivity contribution in [2.75, 3.05) is 6.54 Å². The number of hydrazine groups is 2. The molecule has 0 fully saturated rings. The first kappa shape index (κ1) is 18.8. The second-order valence-electron chi connectivity index (χ2n) is 4.82. The van der Waals surface area contributed by atoms with Gasteiger partial charge in [-0.3, -0.25) is 10.2 Å². The second kappa shape index (κ2) is 8.54. The number of para-hydroxylation sites is 1. The zero-order valence-corrected chi connectivity index (χ0v) is 14.5. The summed E-state index contributed by atoms with van der Waals surface area (Å²) in [5, 5.41) is 5.63. The van der Waals surface area contributed by atoms with Crippen molar-refractivity contribution in [1.82, 2.24) is 10.5 Å². The number of ether oxygens (including phenoxy) is 1. The van der Waals surface area contributed by atoms with Gasteiger partial charge in [0, 0.05) is 5.02 Å². The summed E-state index contributed by atoms with van der Waals surface area (Å²) in [6, 6.07) is 11.7. The summed E-state index contributed by atoms with van der Waals surface area (Å²) in [5.74, 6) is 10.9. The zero-order chi connectivity index (χ0) is 18.4. The van der Waals surface area contributed by atoms with Gasteiger partial charge in [0.2, 0.25) is 0 Å². The number of nitrogens with one attached hydrogen (secondary N) is 1. The van der Waals surface area contributed by atoms with Crippen LogP contribution in [0, 0.1) is 0 Å². The van der Waals surface area contributed by atoms with Crippen molar-refractivity contribution in [3.05, 3.63) is 58.1 Å². The van der Waals surface area contributed by atoms with Crippen LogP contribution >= 0.6 is 23.2 Å². The molecule has 2 aromatic carbocycles. The molecule has 0 aliphatic heterocycles. The Balaban J connectivity index is 2.26. The average molecular weight is 383 g/mol. The second-order valence-corrected chi connectivity index (χ2v) is 5.67. The molecule has 0 aliphatic rings. The molecule has 2 rings (SSSR count). The van der Waals surface area contributed by atoms with E-state index in [0.29, 0.717) is 27.1 Å². The lowest BCUT2D eigenvalue weighted by Gasteiger charge is -2.15. The number of nitrogens with zero attached hydrogens (tertiary/aromatic N) is 2. The van der Waals surface area contributed by atoms with Crippen molar-refractivity contribution in [3.8, 4) is 11.5 Å². The maximum Gasteiger partial charge on any atom is 0.256 e. The van der Waals surface area contributed by atoms with Gasteiger partial charge in [0.1, 0.15) is 18.0 Å². The van der Waals surface area contributed by atoms with Crippen LogP contribution in [0.2, 0.25) is 10.0 Å². The van der Waals surface area contributed by atoms with Gasteiger partial charge < -0.3 is 10.5 Å². The molecule has 0 saturated heterocycles. The van der Waals surface area contributed by atoms with E-state index in [1.165, 1.54) is 0 Å². The third-order valence-corrected chi connectivity index (χ3v) is 3.51. The van der Waals surface area contributed by atoms with Crippen molar-refractivity contribution in [1.29, 1.82) is 0 Å². The monoisotopic (exact) mass is 382 g/mol. The number of carbonyl (C=O) groups excluding carboxylic acids is 1. The molecule has 7 N–H and O–H groups in total. The summed E-state index contributed by atoms with van der Waals surface area (Å²) in [4.78, 5) is 11.2. The Kier molecular flexibility index (Phi) is 6.43. The third-order valence-electron chi connectivity index (χ3n) is 2.98. The van der Waals surface area contributed by atoms with E-state index in [4.69, 9.17) is 45.4 Å². The Hall–Kier alpha value is -2.52. The fourth-order valence-electron chi connectivity index (χ4n) is 1.86. The van der Waals surface area contributed by atoms with Crippen molar-refractivity contribution in [2.45, 2.75) is 0 Å². The van der Waals surface area contributed by atoms with Crippen LogP contribution in [0.3, 0.4) is 0 Å². The Morgan fingerprint density at radius 3 is 2.60 bits per heavy atom. The first-order valence-electron chi connectivity index (χ1n) is 6.98. The highest BCUT2D eigenvalue weighted by molar-refractivity contribution is 6.35. The summed E-state index contributed by atoms with van der Waals surface area (Å²) in [7, 11) is 0. The number of hydrogen-bond acceptors (Lipinski definition) is 6. The van der Waals surface area contributed by atoms with Gasteiger partial charge in [-0.2, -0.15) is 0 Å². The average Bonchev–Trinajstić information content (AvgIpc) is 2.57. The number of carbonyl (C=O) groups is 1. The highest BCUT2D eigenvalue weighted by Crippen LogP contribution is 2.33. The molecule has 0 unspecified atom stereocenters. The molecule has 0 bridgehead atoms. The maximum atomic E-state index is 11.2. The molecule has 2 aromatic rings. The predicted octanol–water partition coefficient (Wildman–Crippen LogP) is 1.57. The van der Waals surface area contributed by atoms with Gasteiger partial charge >= 0.3 is 0 Å². The van der Waals surface area contributed by atoms with Crippen LogP contribution in [0.1, 0.15) is 5.56 Å². The summed E-state index contributed by atoms with van der Waals surface area (Å²) >= 11 is 12.0. The molecule has 0 atom stereocenters. The molecular formula is C15H16Cl2N6O2. The number of rotatable bonds is 6. The number of benzene rings is 2. The lowest BCUT2D eigenvalue weighted by Crippen LogP contribution is -2.42. The van der Waals surface area contributed by atoms with E-state index in [-0.39, 0.29) is 12.4 Å². The number of hydrogen-bond donors (Lipinski definition) is 4. The van der Waals surface area contributed by atoms with Gasteiger partial charge in [-0.05, 0) is 30.3 Å². The normalized spacial score (nSPS) is 11.1. The van der Waals surface area contributed by atoms with Gasteiger partial charge in [0.25, 0.3) is 5.91 Å². The van der Waals surface area contributed by atoms with Crippen LogP contribution in [0.25, 0.3) is 0 Å². The molecule has 10 heteroatoms. The SMILES string of the molecule is NNC(=O)CN(N)/N=C(\N)c1ccccc1Oc1ccc(Cl)cc1Cl. The van der Waals surface area contributed by atoms with Crippen LogP contribution in [0.4, 0.5) is 0 Å². The topological polar surface area (TPSA) is 132 Å². The van der Waals surface area contributed by atoms with Crippen LogP contribution in [-0.4, -0.2) is 23.4 Å². The lowest BCUT2D eigenvalue weighted by atomic mass is 10.2. The minimum Gasteiger partial charge on any atom is -0.455 e. The molecule has 0 aliphatic carbocycles. The standard InChI is InChI=1S/C15H16Cl2N6O2/c16-9-5-6-13(11(17)7-9)25-12-4-2-1-3-10(12)15(18)22-23(20)8-14(24)21-19/h1-7H,8,19-20H2,(H2,18,22)(H,21,24). The predicted molar refractivity (Wildman–Crippen MR) is 96.9 cm³/mol. The van der Waals surface area contributed by atoms with E-state index in [1.807, 2.05) is 5.43 Å². The largest absolute Gasteiger partial charge is 0.455 e. The first-order chi connectivity index (χ1) is 11.9. The summed E-state index contributed by atoms with van der Waals surface area (Å²) < 4.78 is 5.79. The van der Waals surface area contributed by atoms with Crippen molar-refractivity contribution >= 4 is 34.9 Å². The maximum absolute atomic E-state index is 11.2. The van der Waals surface area contributed by atoms with E-state index in [0.717, 1.165) is 5.12 Å². The minimum absolute atomic E-state index is 0.0491. The Morgan fingerprint density at radius 1 is 1.20 bits per heavy atom. The van der Waals surface area contributed by atoms with Crippen molar-refractivity contribution in [3.63, 3.8) is 0 Å². The fourth-order valence-corrected chi connectivity index (χ4v) is 2.31. The zero-order valence-electron chi connectivity index (χ0n) is 12.9. The summed E-state index contributed by atoms with van der Waals surface area (Å²) in [6.45, 7) is -0.261. The van der Waals surface area contributed by atoms with Crippen molar-refractivity contribution in [2.24, 2.45) is 22.5 Å². The molecule has 132 valence electrons. The molecule has 25 heavy (non-hydrogen) atoms. The minimum atomic E-state index is -0.517. The van der Waals surface area contributed by atoms with E-state index < -0.39 is 5.91 Å². The molecule has 0 spiro atoms. The van der Waals surface area contributed by atoms with E-state index in [2.05, 4.69) is 5.10 Å². The molecular weight excluding hydrogens is 367 g/mol. The number of hydrazone groups is 1. The number of amides is 1. The molecule has 0 radical (unpaired) electrons. The van der Waals surface area contributed by atoms with E-state index in [9.17, 15) is 4.79 Å². The van der Waals surface area contributed by atoms with Crippen LogP contribution in [0.15, 0.2) is 47.6 Å². The van der Waals surface area contributed by atoms with Gasteiger partial charge in [-0.25, -0.2) is 16.8 Å². The Bertz CT molecular complexity index is 799. The summed E-state index contributed by atoms with van der Waals surface area (Å²) in [6.07, 6.45) is 0. The number of halogens is 2. The number of nitrogens with two attached hydrogens (primary N) is 3. The molecule has 1 amide bonds. The van der Waals surface area contributed by atoms with Gasteiger partial charge in [-0.1, -0.05) is 35.3 Å². The van der Waals surface area contributed by atoms with E-state index >= 15 is 0 Å². The smallest absolute Gasteiger partial charge is 0.256 e. The molecule has 0 aromatic heterocycles. The van der Waals surface area contributed by atoms with Crippen LogP contribution < -0.4 is 27.6 Å². The van der Waals surface area contributed by atoms with Crippen LogP contribution in [0.5, 0.6) is 11.5 Å². The van der Waals surface area contributed by atoms with Gasteiger partial charge in [-0.15, -0.1) is 5.10 Å². The van der Waals surface area contributed by atoms with Gasteiger partial charge in [0.15, 0.2) is 5.84 Å². The van der Waals surface area contributed by atoms with Crippen LogP contribution in [-0.2, 0) is 4.79 Å². The lowest BCUT2D eigenvalue weighted by molar-refractivity contribution is -0.122. The van der Waals surface area contributed by atoms with Crippen molar-refractivity contribution < 1.29 is 9.53 Å². The summed E-state index contributed by atoms with van der Waals surface area (Å²) in [5.41, 5.74) is 8.37. The van der Waals surface area contributed by atoms with Gasteiger partial charge in [0.05, 0.1) is 10.6 Å². The Labute approximate surface area is 154 Å². The Morgan fingerprint density at radius 2 is 1.92 bits per heavy atom. The fraction of sp³-hybridized carbons (Fsp3) is 0.0667. The quantitative estimate of drug-likeness (QED) is 0.197. The molecule has 0 heterocycles.